The fraction of sp³-hybridized carbons (Fsp3) is 0.571. The molecule has 0 aliphatic heterocycles. The van der Waals surface area contributed by atoms with Crippen molar-refractivity contribution in [3.8, 4) is 11.5 Å². The molecule has 0 spiro atoms. The van der Waals surface area contributed by atoms with Crippen LogP contribution in [0.2, 0.25) is 0 Å². The number of hydrogen-bond acceptors (Lipinski definition) is 5. The molecule has 1 aromatic carbocycles. The van der Waals surface area contributed by atoms with Gasteiger partial charge in [-0.05, 0) is 18.6 Å². The second-order valence-electron chi connectivity index (χ2n) is 4.69. The lowest BCUT2D eigenvalue weighted by molar-refractivity contribution is 0.114. The largest absolute Gasteiger partial charge is 0.496 e. The molecule has 5 heteroatoms. The van der Waals surface area contributed by atoms with Crippen LogP contribution < -0.4 is 14.8 Å². The van der Waals surface area contributed by atoms with Gasteiger partial charge in [0.25, 0.3) is 0 Å². The summed E-state index contributed by atoms with van der Waals surface area (Å²) >= 11 is 0. The van der Waals surface area contributed by atoms with E-state index in [0.717, 1.165) is 22.6 Å². The van der Waals surface area contributed by atoms with Gasteiger partial charge in [0, 0.05) is 30.1 Å². The van der Waals surface area contributed by atoms with Gasteiger partial charge in [-0.25, -0.2) is 0 Å². The Balaban J connectivity index is 2.31. The summed E-state index contributed by atoms with van der Waals surface area (Å²) in [6, 6.07) is 3.69. The third-order valence-electron chi connectivity index (χ3n) is 3.61. The first-order chi connectivity index (χ1) is 9.21. The fourth-order valence-electron chi connectivity index (χ4n) is 2.65. The molecule has 0 saturated heterocycles. The van der Waals surface area contributed by atoms with Crippen molar-refractivity contribution in [3.05, 3.63) is 23.3 Å². The van der Waals surface area contributed by atoms with Crippen LogP contribution in [0, 0.1) is 0 Å². The molecule has 0 heterocycles. The molecule has 1 aliphatic rings. The number of benzene rings is 1. The Kier molecular flexibility index (Phi) is 4.63. The summed E-state index contributed by atoms with van der Waals surface area (Å²) in [5.74, 6) is 1.61. The summed E-state index contributed by atoms with van der Waals surface area (Å²) in [6.45, 7) is 0.536. The molecule has 0 amide bonds. The van der Waals surface area contributed by atoms with Crippen molar-refractivity contribution in [3.63, 3.8) is 0 Å². The van der Waals surface area contributed by atoms with Crippen molar-refractivity contribution in [2.45, 2.75) is 25.0 Å². The van der Waals surface area contributed by atoms with Crippen LogP contribution in [-0.4, -0.2) is 49.7 Å². The minimum Gasteiger partial charge on any atom is -0.496 e. The summed E-state index contributed by atoms with van der Waals surface area (Å²) in [7, 11) is 3.27. The first-order valence-corrected chi connectivity index (χ1v) is 6.46. The first kappa shape index (κ1) is 14.1. The average molecular weight is 267 g/mol. The van der Waals surface area contributed by atoms with Gasteiger partial charge in [0.05, 0.1) is 26.9 Å². The van der Waals surface area contributed by atoms with E-state index >= 15 is 0 Å². The number of hydrogen-bond donors (Lipinski definition) is 3. The van der Waals surface area contributed by atoms with Gasteiger partial charge < -0.3 is 25.0 Å². The lowest BCUT2D eigenvalue weighted by Gasteiger charge is -2.32. The molecule has 0 fully saturated rings. The quantitative estimate of drug-likeness (QED) is 0.706. The molecule has 3 N–H and O–H groups in total. The number of methoxy groups -OCH3 is 2. The molecule has 2 atom stereocenters. The Bertz CT molecular complexity index is 436. The van der Waals surface area contributed by atoms with Crippen LogP contribution in [-0.2, 0) is 12.8 Å². The fourth-order valence-corrected chi connectivity index (χ4v) is 2.65. The zero-order valence-electron chi connectivity index (χ0n) is 11.3. The number of fused-ring (bicyclic) bond motifs is 1. The summed E-state index contributed by atoms with van der Waals surface area (Å²) in [6.07, 6.45) is 0.704. The molecule has 0 aromatic heterocycles. The normalized spacial score (nSPS) is 21.9. The SMILES string of the molecule is COc1ccc(OC)c2c1CC(O)C(NCCO)C2. The molecule has 0 bridgehead atoms. The molecule has 0 radical (unpaired) electrons. The van der Waals surface area contributed by atoms with Crippen LogP contribution in [0.1, 0.15) is 11.1 Å². The minimum atomic E-state index is -0.486. The molecule has 19 heavy (non-hydrogen) atoms. The number of rotatable bonds is 5. The lowest BCUT2D eigenvalue weighted by Crippen LogP contribution is -2.46. The molecule has 2 unspecified atom stereocenters. The Morgan fingerprint density at radius 2 is 1.74 bits per heavy atom. The highest BCUT2D eigenvalue weighted by Crippen LogP contribution is 2.36. The van der Waals surface area contributed by atoms with Gasteiger partial charge in [-0.2, -0.15) is 0 Å². The van der Waals surface area contributed by atoms with Gasteiger partial charge in [-0.1, -0.05) is 0 Å². The van der Waals surface area contributed by atoms with Gasteiger partial charge in [-0.3, -0.25) is 0 Å². The smallest absolute Gasteiger partial charge is 0.122 e. The maximum absolute atomic E-state index is 10.2. The highest BCUT2D eigenvalue weighted by atomic mass is 16.5. The summed E-state index contributed by atoms with van der Waals surface area (Å²) < 4.78 is 10.7. The third kappa shape index (κ3) is 2.83. The predicted molar refractivity (Wildman–Crippen MR) is 71.8 cm³/mol. The average Bonchev–Trinajstić information content (AvgIpc) is 2.44. The first-order valence-electron chi connectivity index (χ1n) is 6.46. The number of nitrogens with one attached hydrogen (secondary N) is 1. The molecule has 2 rings (SSSR count). The van der Waals surface area contributed by atoms with Crippen LogP contribution in [0.3, 0.4) is 0 Å². The van der Waals surface area contributed by atoms with Crippen LogP contribution >= 0.6 is 0 Å². The molecule has 106 valence electrons. The van der Waals surface area contributed by atoms with Crippen molar-refractivity contribution in [2.75, 3.05) is 27.4 Å². The van der Waals surface area contributed by atoms with E-state index in [1.807, 2.05) is 12.1 Å². The van der Waals surface area contributed by atoms with E-state index in [0.29, 0.717) is 19.4 Å². The Hall–Kier alpha value is -1.30. The Labute approximate surface area is 113 Å². The van der Waals surface area contributed by atoms with Crippen LogP contribution in [0.5, 0.6) is 11.5 Å². The van der Waals surface area contributed by atoms with E-state index in [-0.39, 0.29) is 12.6 Å². The summed E-state index contributed by atoms with van der Waals surface area (Å²) in [4.78, 5) is 0. The molecule has 0 saturated carbocycles. The lowest BCUT2D eigenvalue weighted by atomic mass is 9.85. The van der Waals surface area contributed by atoms with Gasteiger partial charge in [0.2, 0.25) is 0 Å². The van der Waals surface area contributed by atoms with Crippen molar-refractivity contribution >= 4 is 0 Å². The standard InChI is InChI=1S/C14H21NO4/c1-18-13-3-4-14(19-2)10-8-12(17)11(7-9(10)13)15-5-6-16/h3-4,11-12,15-17H,5-8H2,1-2H3. The van der Waals surface area contributed by atoms with E-state index in [2.05, 4.69) is 5.32 Å². The predicted octanol–water partition coefficient (Wildman–Crippen LogP) is 0.114. The van der Waals surface area contributed by atoms with Gasteiger partial charge in [-0.15, -0.1) is 0 Å². The Morgan fingerprint density at radius 3 is 2.26 bits per heavy atom. The molecule has 1 aromatic rings. The maximum atomic E-state index is 10.2. The van der Waals surface area contributed by atoms with Crippen molar-refractivity contribution in [1.82, 2.24) is 5.32 Å². The van der Waals surface area contributed by atoms with E-state index in [1.54, 1.807) is 14.2 Å². The molecule has 5 nitrogen and oxygen atoms in total. The van der Waals surface area contributed by atoms with Crippen molar-refractivity contribution in [2.24, 2.45) is 0 Å². The monoisotopic (exact) mass is 267 g/mol. The van der Waals surface area contributed by atoms with Crippen molar-refractivity contribution < 1.29 is 19.7 Å². The Morgan fingerprint density at radius 1 is 1.16 bits per heavy atom. The molecular weight excluding hydrogens is 246 g/mol. The highest BCUT2D eigenvalue weighted by Gasteiger charge is 2.30. The topological polar surface area (TPSA) is 71.0 Å². The number of ether oxygens (including phenoxy) is 2. The zero-order valence-corrected chi connectivity index (χ0v) is 11.3. The van der Waals surface area contributed by atoms with E-state index in [9.17, 15) is 5.11 Å². The number of aliphatic hydroxyl groups excluding tert-OH is 2. The summed E-state index contributed by atoms with van der Waals surface area (Å²) in [5.41, 5.74) is 2.08. The summed E-state index contributed by atoms with van der Waals surface area (Å²) in [5, 5.41) is 22.2. The number of aliphatic hydroxyl groups is 2. The van der Waals surface area contributed by atoms with Gasteiger partial charge in [0.1, 0.15) is 11.5 Å². The second kappa shape index (κ2) is 6.23. The van der Waals surface area contributed by atoms with Crippen LogP contribution in [0.25, 0.3) is 0 Å². The van der Waals surface area contributed by atoms with E-state index in [1.165, 1.54) is 0 Å². The van der Waals surface area contributed by atoms with Gasteiger partial charge >= 0.3 is 0 Å². The maximum Gasteiger partial charge on any atom is 0.122 e. The molecule has 1 aliphatic carbocycles. The minimum absolute atomic E-state index is 0.0608. The van der Waals surface area contributed by atoms with Crippen molar-refractivity contribution in [1.29, 1.82) is 0 Å². The second-order valence-corrected chi connectivity index (χ2v) is 4.69. The van der Waals surface area contributed by atoms with E-state index < -0.39 is 6.10 Å². The van der Waals surface area contributed by atoms with Crippen LogP contribution in [0.15, 0.2) is 12.1 Å². The van der Waals surface area contributed by atoms with Crippen LogP contribution in [0.4, 0.5) is 0 Å². The van der Waals surface area contributed by atoms with Gasteiger partial charge in [0.15, 0.2) is 0 Å². The highest BCUT2D eigenvalue weighted by molar-refractivity contribution is 5.51. The third-order valence-corrected chi connectivity index (χ3v) is 3.61. The zero-order chi connectivity index (χ0) is 13.8. The van der Waals surface area contributed by atoms with E-state index in [4.69, 9.17) is 14.6 Å². The molecular formula is C14H21NO4.